The summed E-state index contributed by atoms with van der Waals surface area (Å²) in [5.74, 6) is 2.39. The highest BCUT2D eigenvalue weighted by Gasteiger charge is 2.32. The van der Waals surface area contributed by atoms with Crippen LogP contribution in [0.3, 0.4) is 0 Å². The predicted octanol–water partition coefficient (Wildman–Crippen LogP) is 5.01. The maximum absolute atomic E-state index is 13.5. The van der Waals surface area contributed by atoms with E-state index in [4.69, 9.17) is 14.2 Å². The molecule has 1 atom stereocenters. The lowest BCUT2D eigenvalue weighted by Gasteiger charge is -2.36. The first-order valence-corrected chi connectivity index (χ1v) is 11.7. The highest BCUT2D eigenvalue weighted by Crippen LogP contribution is 2.37. The monoisotopic (exact) mass is 448 g/mol. The molecule has 174 valence electrons. The van der Waals surface area contributed by atoms with Crippen molar-refractivity contribution in [3.05, 3.63) is 58.8 Å². The Labute approximate surface area is 195 Å². The summed E-state index contributed by atoms with van der Waals surface area (Å²) in [6, 6.07) is 7.58. The molecule has 7 nitrogen and oxygen atoms in total. The lowest BCUT2D eigenvalue weighted by Crippen LogP contribution is -2.40. The first-order chi connectivity index (χ1) is 16.0. The van der Waals surface area contributed by atoms with Gasteiger partial charge in [-0.3, -0.25) is 4.79 Å². The first-order valence-electron chi connectivity index (χ1n) is 11.7. The van der Waals surface area contributed by atoms with Gasteiger partial charge in [-0.1, -0.05) is 24.2 Å². The van der Waals surface area contributed by atoms with Crippen LogP contribution in [0.5, 0.6) is 5.75 Å². The van der Waals surface area contributed by atoms with E-state index >= 15 is 0 Å². The van der Waals surface area contributed by atoms with Crippen LogP contribution >= 0.6 is 0 Å². The zero-order valence-corrected chi connectivity index (χ0v) is 19.9. The van der Waals surface area contributed by atoms with Crippen LogP contribution in [0.4, 0.5) is 0 Å². The van der Waals surface area contributed by atoms with E-state index in [0.717, 1.165) is 78.3 Å². The Hall–Kier alpha value is -3.22. The number of hydrogen-bond donors (Lipinski definition) is 0. The van der Waals surface area contributed by atoms with E-state index in [-0.39, 0.29) is 11.9 Å². The fourth-order valence-electron chi connectivity index (χ4n) is 4.41. The quantitative estimate of drug-likeness (QED) is 0.506. The van der Waals surface area contributed by atoms with Gasteiger partial charge in [0.1, 0.15) is 11.6 Å². The number of benzene rings is 1. The molecule has 0 radical (unpaired) electrons. The molecule has 0 spiro atoms. The van der Waals surface area contributed by atoms with Crippen molar-refractivity contribution in [3.8, 4) is 17.1 Å². The number of aromatic nitrogens is 3. The number of nitrogens with zero attached hydrogens (tertiary/aromatic N) is 4. The number of carbonyl (C=O) groups excluding carboxylic acids is 1. The van der Waals surface area contributed by atoms with Crippen LogP contribution in [0.1, 0.15) is 67.0 Å². The van der Waals surface area contributed by atoms with E-state index in [1.54, 1.807) is 7.11 Å². The van der Waals surface area contributed by atoms with Crippen molar-refractivity contribution in [1.29, 1.82) is 0 Å². The van der Waals surface area contributed by atoms with E-state index < -0.39 is 0 Å². The molecule has 0 N–H and O–H groups in total. The summed E-state index contributed by atoms with van der Waals surface area (Å²) >= 11 is 0. The zero-order valence-electron chi connectivity index (χ0n) is 19.9. The van der Waals surface area contributed by atoms with E-state index in [2.05, 4.69) is 17.1 Å². The molecule has 3 aromatic rings. The lowest BCUT2D eigenvalue weighted by atomic mass is 9.94. The van der Waals surface area contributed by atoms with Gasteiger partial charge >= 0.3 is 0 Å². The minimum Gasteiger partial charge on any atom is -0.497 e. The molecule has 0 unspecified atom stereocenters. The Kier molecular flexibility index (Phi) is 7.06. The third-order valence-corrected chi connectivity index (χ3v) is 6.40. The second kappa shape index (κ2) is 10.1. The number of aryl methyl sites for hydroxylation is 2. The van der Waals surface area contributed by atoms with Crippen LogP contribution in [-0.4, -0.2) is 39.6 Å². The summed E-state index contributed by atoms with van der Waals surface area (Å²) in [5, 5.41) is 4.14. The van der Waals surface area contributed by atoms with Gasteiger partial charge in [0.2, 0.25) is 5.91 Å². The Morgan fingerprint density at radius 1 is 1.21 bits per heavy atom. The molecule has 0 bridgehead atoms. The van der Waals surface area contributed by atoms with Crippen molar-refractivity contribution in [2.45, 2.75) is 65.3 Å². The van der Waals surface area contributed by atoms with E-state index in [9.17, 15) is 4.79 Å². The standard InChI is InChI=1S/C26H32N4O3/c1-5-8-23-27-16-21(26-17(2)18(3)29-33-26)25(28-23)22-9-6-7-14-30(22)24(31)15-19-10-12-20(32-4)13-11-19/h10-13,16,22H,5-9,14-15H2,1-4H3/t22-/m0/s1. The number of hydrogen-bond acceptors (Lipinski definition) is 6. The second-order valence-corrected chi connectivity index (χ2v) is 8.68. The van der Waals surface area contributed by atoms with Gasteiger partial charge in [-0.15, -0.1) is 0 Å². The summed E-state index contributed by atoms with van der Waals surface area (Å²) in [5.41, 5.74) is 4.51. The van der Waals surface area contributed by atoms with Crippen molar-refractivity contribution < 1.29 is 14.1 Å². The normalized spacial score (nSPS) is 16.1. The third kappa shape index (κ3) is 4.92. The summed E-state index contributed by atoms with van der Waals surface area (Å²) in [6.45, 7) is 6.77. The average Bonchev–Trinajstić information content (AvgIpc) is 3.17. The fourth-order valence-corrected chi connectivity index (χ4v) is 4.41. The number of carbonyl (C=O) groups is 1. The van der Waals surface area contributed by atoms with Crippen LogP contribution in [0.15, 0.2) is 35.0 Å². The van der Waals surface area contributed by atoms with Gasteiger partial charge in [0, 0.05) is 24.7 Å². The molecule has 0 aliphatic carbocycles. The van der Waals surface area contributed by atoms with Crippen molar-refractivity contribution in [3.63, 3.8) is 0 Å². The molecule has 2 aromatic heterocycles. The molecule has 1 amide bonds. The summed E-state index contributed by atoms with van der Waals surface area (Å²) < 4.78 is 10.9. The minimum absolute atomic E-state index is 0.108. The lowest BCUT2D eigenvalue weighted by molar-refractivity contribution is -0.134. The largest absolute Gasteiger partial charge is 0.497 e. The number of ether oxygens (including phenoxy) is 1. The first kappa shape index (κ1) is 23.0. The smallest absolute Gasteiger partial charge is 0.227 e. The van der Waals surface area contributed by atoms with Gasteiger partial charge in [0.05, 0.1) is 36.5 Å². The van der Waals surface area contributed by atoms with Crippen LogP contribution < -0.4 is 4.74 Å². The van der Waals surface area contributed by atoms with E-state index in [0.29, 0.717) is 12.2 Å². The second-order valence-electron chi connectivity index (χ2n) is 8.68. The fraction of sp³-hybridized carbons (Fsp3) is 0.462. The van der Waals surface area contributed by atoms with E-state index in [1.165, 1.54) is 0 Å². The Morgan fingerprint density at radius 3 is 2.67 bits per heavy atom. The zero-order chi connectivity index (χ0) is 23.4. The number of amides is 1. The molecular formula is C26H32N4O3. The van der Waals surface area contributed by atoms with Gasteiger partial charge < -0.3 is 14.2 Å². The van der Waals surface area contributed by atoms with Crippen molar-refractivity contribution in [2.75, 3.05) is 13.7 Å². The number of piperidine rings is 1. The molecule has 0 saturated carbocycles. The van der Waals surface area contributed by atoms with Crippen LogP contribution in [0.25, 0.3) is 11.3 Å². The molecule has 1 aliphatic heterocycles. The molecule has 4 rings (SSSR count). The molecule has 7 heteroatoms. The van der Waals surface area contributed by atoms with Crippen LogP contribution in [-0.2, 0) is 17.6 Å². The maximum atomic E-state index is 13.5. The molecule has 1 aromatic carbocycles. The Balaban J connectivity index is 1.69. The van der Waals surface area contributed by atoms with Gasteiger partial charge in [0.25, 0.3) is 0 Å². The Morgan fingerprint density at radius 2 is 2.00 bits per heavy atom. The van der Waals surface area contributed by atoms with E-state index in [1.807, 2.05) is 49.2 Å². The molecule has 1 fully saturated rings. The number of methoxy groups -OCH3 is 1. The van der Waals surface area contributed by atoms with Crippen LogP contribution in [0.2, 0.25) is 0 Å². The van der Waals surface area contributed by atoms with Crippen LogP contribution in [0, 0.1) is 13.8 Å². The van der Waals surface area contributed by atoms with Gasteiger partial charge in [-0.25, -0.2) is 9.97 Å². The van der Waals surface area contributed by atoms with Gasteiger partial charge in [-0.2, -0.15) is 0 Å². The van der Waals surface area contributed by atoms with Crippen molar-refractivity contribution >= 4 is 5.91 Å². The van der Waals surface area contributed by atoms with Crippen molar-refractivity contribution in [2.24, 2.45) is 0 Å². The molecule has 33 heavy (non-hydrogen) atoms. The SMILES string of the molecule is CCCc1ncc(-c2onc(C)c2C)c([C@@H]2CCCCN2C(=O)Cc2ccc(OC)cc2)n1. The average molecular weight is 449 g/mol. The topological polar surface area (TPSA) is 81.4 Å². The molecule has 3 heterocycles. The van der Waals surface area contributed by atoms with Gasteiger partial charge in [-0.05, 0) is 57.2 Å². The predicted molar refractivity (Wildman–Crippen MR) is 126 cm³/mol. The Bertz CT molecular complexity index is 1110. The molecular weight excluding hydrogens is 416 g/mol. The van der Waals surface area contributed by atoms with Crippen molar-refractivity contribution in [1.82, 2.24) is 20.0 Å². The molecule has 1 saturated heterocycles. The number of rotatable bonds is 7. The highest BCUT2D eigenvalue weighted by atomic mass is 16.5. The summed E-state index contributed by atoms with van der Waals surface area (Å²) in [4.78, 5) is 25.0. The van der Waals surface area contributed by atoms with Gasteiger partial charge in [0.15, 0.2) is 5.76 Å². The molecule has 1 aliphatic rings. The maximum Gasteiger partial charge on any atom is 0.227 e. The third-order valence-electron chi connectivity index (χ3n) is 6.40. The minimum atomic E-state index is -0.108. The summed E-state index contributed by atoms with van der Waals surface area (Å²) in [7, 11) is 1.64. The number of likely N-dealkylation sites (tertiary alicyclic amines) is 1. The summed E-state index contributed by atoms with van der Waals surface area (Å²) in [6.07, 6.45) is 6.88. The highest BCUT2D eigenvalue weighted by molar-refractivity contribution is 5.80.